The van der Waals surface area contributed by atoms with Gasteiger partial charge in [0.15, 0.2) is 0 Å². The van der Waals surface area contributed by atoms with Gasteiger partial charge in [-0.2, -0.15) is 0 Å². The van der Waals surface area contributed by atoms with Gasteiger partial charge in [0.25, 0.3) is 0 Å². The molecule has 1 aliphatic rings. The number of aromatic amines is 1. The number of nitrogens with one attached hydrogen (secondary N) is 1. The monoisotopic (exact) mass is 236 g/mol. The number of nitrogens with two attached hydrogens (primary N) is 1. The lowest BCUT2D eigenvalue weighted by molar-refractivity contribution is 0.265. The molecule has 0 amide bonds. The highest BCUT2D eigenvalue weighted by molar-refractivity contribution is 5.85. The number of halogens is 1. The first-order valence-corrected chi connectivity index (χ1v) is 5.68. The number of rotatable bonds is 2. The van der Waals surface area contributed by atoms with Crippen molar-refractivity contribution in [2.75, 3.05) is 0 Å². The van der Waals surface area contributed by atoms with Gasteiger partial charge in [-0.05, 0) is 30.4 Å². The summed E-state index contributed by atoms with van der Waals surface area (Å²) in [7, 11) is 0. The average Bonchev–Trinajstić information content (AvgIpc) is 2.58. The number of hydrogen-bond donors (Lipinski definition) is 2. The molecular formula is C13H17ClN2. The number of para-hydroxylation sites is 1. The van der Waals surface area contributed by atoms with E-state index in [4.69, 9.17) is 5.73 Å². The number of H-pyrrole nitrogens is 1. The molecule has 2 nitrogen and oxygen atoms in total. The van der Waals surface area contributed by atoms with E-state index < -0.39 is 0 Å². The minimum Gasteiger partial charge on any atom is -0.361 e. The molecule has 1 aromatic heterocycles. The normalized spacial score (nSPS) is 17.8. The van der Waals surface area contributed by atoms with Gasteiger partial charge in [-0.25, -0.2) is 0 Å². The third-order valence-corrected chi connectivity index (χ3v) is 3.64. The van der Waals surface area contributed by atoms with Crippen LogP contribution < -0.4 is 5.73 Å². The Morgan fingerprint density at radius 2 is 2.00 bits per heavy atom. The van der Waals surface area contributed by atoms with Gasteiger partial charge < -0.3 is 10.7 Å². The van der Waals surface area contributed by atoms with Crippen molar-refractivity contribution < 1.29 is 0 Å². The maximum atomic E-state index is 6.29. The molecule has 3 heteroatoms. The molecule has 0 radical (unpaired) electrons. The van der Waals surface area contributed by atoms with Crippen LogP contribution in [0.3, 0.4) is 0 Å². The van der Waals surface area contributed by atoms with E-state index in [-0.39, 0.29) is 18.4 Å². The summed E-state index contributed by atoms with van der Waals surface area (Å²) in [4.78, 5) is 3.29. The molecule has 16 heavy (non-hydrogen) atoms. The predicted octanol–water partition coefficient (Wildman–Crippen LogP) is 3.39. The van der Waals surface area contributed by atoms with Gasteiger partial charge in [0.2, 0.25) is 0 Å². The van der Waals surface area contributed by atoms with Crippen LogP contribution in [0, 0.1) is 5.92 Å². The van der Waals surface area contributed by atoms with Gasteiger partial charge in [-0.15, -0.1) is 12.4 Å². The van der Waals surface area contributed by atoms with Gasteiger partial charge in [-0.1, -0.05) is 24.6 Å². The minimum atomic E-state index is 0. The van der Waals surface area contributed by atoms with E-state index in [1.807, 2.05) is 0 Å². The SMILES string of the molecule is Cl.N[C@@H](c1c[nH]c2ccccc12)C1CCC1. The smallest absolute Gasteiger partial charge is 0.0457 e. The first-order chi connectivity index (χ1) is 7.36. The standard InChI is InChI=1S/C13H16N2.ClH/c14-13(9-4-3-5-9)11-8-15-12-7-2-1-6-10(11)12;/h1-2,6-9,13,15H,3-5,14H2;1H/t13-;/m1./s1. The molecule has 0 aliphatic heterocycles. The van der Waals surface area contributed by atoms with Crippen molar-refractivity contribution in [2.24, 2.45) is 11.7 Å². The fraction of sp³-hybridized carbons (Fsp3) is 0.385. The second-order valence-electron chi connectivity index (χ2n) is 4.51. The van der Waals surface area contributed by atoms with Crippen molar-refractivity contribution in [2.45, 2.75) is 25.3 Å². The third kappa shape index (κ3) is 1.72. The molecule has 1 atom stereocenters. The zero-order chi connectivity index (χ0) is 10.3. The topological polar surface area (TPSA) is 41.8 Å². The van der Waals surface area contributed by atoms with Crippen LogP contribution in [0.15, 0.2) is 30.5 Å². The Balaban J connectivity index is 0.000000963. The number of hydrogen-bond acceptors (Lipinski definition) is 1. The molecular weight excluding hydrogens is 220 g/mol. The Labute approximate surface area is 102 Å². The van der Waals surface area contributed by atoms with Crippen molar-refractivity contribution in [3.8, 4) is 0 Å². The first kappa shape index (κ1) is 11.5. The van der Waals surface area contributed by atoms with E-state index in [9.17, 15) is 0 Å². The second kappa shape index (κ2) is 4.48. The Morgan fingerprint density at radius 3 is 2.69 bits per heavy atom. The summed E-state index contributed by atoms with van der Waals surface area (Å²) in [6.07, 6.45) is 6.01. The molecule has 0 saturated heterocycles. The predicted molar refractivity (Wildman–Crippen MR) is 69.8 cm³/mol. The lowest BCUT2D eigenvalue weighted by atomic mass is 9.77. The first-order valence-electron chi connectivity index (χ1n) is 5.68. The van der Waals surface area contributed by atoms with Gasteiger partial charge in [0, 0.05) is 23.1 Å². The molecule has 3 N–H and O–H groups in total. The lowest BCUT2D eigenvalue weighted by Gasteiger charge is -2.31. The molecule has 2 aromatic rings. The largest absolute Gasteiger partial charge is 0.361 e. The summed E-state index contributed by atoms with van der Waals surface area (Å²) < 4.78 is 0. The van der Waals surface area contributed by atoms with E-state index in [0.717, 1.165) is 0 Å². The molecule has 3 rings (SSSR count). The summed E-state index contributed by atoms with van der Waals surface area (Å²) in [5.41, 5.74) is 8.77. The molecule has 1 aromatic carbocycles. The van der Waals surface area contributed by atoms with Crippen LogP contribution >= 0.6 is 12.4 Å². The van der Waals surface area contributed by atoms with Crippen molar-refractivity contribution in [3.05, 3.63) is 36.0 Å². The van der Waals surface area contributed by atoms with Crippen molar-refractivity contribution in [1.29, 1.82) is 0 Å². The van der Waals surface area contributed by atoms with E-state index in [2.05, 4.69) is 35.4 Å². The van der Waals surface area contributed by atoms with E-state index in [1.54, 1.807) is 0 Å². The Morgan fingerprint density at radius 1 is 1.25 bits per heavy atom. The number of aromatic nitrogens is 1. The third-order valence-electron chi connectivity index (χ3n) is 3.64. The van der Waals surface area contributed by atoms with Crippen LogP contribution in [0.4, 0.5) is 0 Å². The van der Waals surface area contributed by atoms with Crippen molar-refractivity contribution >= 4 is 23.3 Å². The minimum absolute atomic E-state index is 0. The highest BCUT2D eigenvalue weighted by atomic mass is 35.5. The zero-order valence-corrected chi connectivity index (χ0v) is 9.96. The van der Waals surface area contributed by atoms with Crippen LogP contribution in [0.5, 0.6) is 0 Å². The highest BCUT2D eigenvalue weighted by Crippen LogP contribution is 2.38. The van der Waals surface area contributed by atoms with Crippen LogP contribution in [-0.4, -0.2) is 4.98 Å². The van der Waals surface area contributed by atoms with Crippen LogP contribution in [0.1, 0.15) is 30.9 Å². The van der Waals surface area contributed by atoms with E-state index >= 15 is 0 Å². The number of benzene rings is 1. The average molecular weight is 237 g/mol. The molecule has 0 unspecified atom stereocenters. The molecule has 86 valence electrons. The molecule has 1 aliphatic carbocycles. The fourth-order valence-corrected chi connectivity index (χ4v) is 2.42. The maximum Gasteiger partial charge on any atom is 0.0457 e. The van der Waals surface area contributed by atoms with Gasteiger partial charge >= 0.3 is 0 Å². The van der Waals surface area contributed by atoms with E-state index in [1.165, 1.54) is 35.7 Å². The second-order valence-corrected chi connectivity index (χ2v) is 4.51. The van der Waals surface area contributed by atoms with Crippen molar-refractivity contribution in [1.82, 2.24) is 4.98 Å². The summed E-state index contributed by atoms with van der Waals surface area (Å²) in [6, 6.07) is 8.60. The Kier molecular flexibility index (Phi) is 3.22. The Bertz CT molecular complexity index is 473. The molecule has 1 fully saturated rings. The molecule has 1 heterocycles. The van der Waals surface area contributed by atoms with Crippen molar-refractivity contribution in [3.63, 3.8) is 0 Å². The van der Waals surface area contributed by atoms with Gasteiger partial charge in [-0.3, -0.25) is 0 Å². The fourth-order valence-electron chi connectivity index (χ4n) is 2.42. The van der Waals surface area contributed by atoms with Crippen LogP contribution in [-0.2, 0) is 0 Å². The number of fused-ring (bicyclic) bond motifs is 1. The maximum absolute atomic E-state index is 6.29. The van der Waals surface area contributed by atoms with Crippen LogP contribution in [0.2, 0.25) is 0 Å². The molecule has 0 spiro atoms. The van der Waals surface area contributed by atoms with Crippen LogP contribution in [0.25, 0.3) is 10.9 Å². The highest BCUT2D eigenvalue weighted by Gasteiger charge is 2.26. The Hall–Kier alpha value is -0.990. The molecule has 1 saturated carbocycles. The summed E-state index contributed by atoms with van der Waals surface area (Å²) in [5, 5.41) is 1.29. The quantitative estimate of drug-likeness (QED) is 0.825. The van der Waals surface area contributed by atoms with E-state index in [0.29, 0.717) is 5.92 Å². The van der Waals surface area contributed by atoms with Gasteiger partial charge in [0.1, 0.15) is 0 Å². The lowest BCUT2D eigenvalue weighted by Crippen LogP contribution is -2.26. The summed E-state index contributed by atoms with van der Waals surface area (Å²) in [6.45, 7) is 0. The zero-order valence-electron chi connectivity index (χ0n) is 9.15. The summed E-state index contributed by atoms with van der Waals surface area (Å²) in [5.74, 6) is 0.698. The summed E-state index contributed by atoms with van der Waals surface area (Å²) >= 11 is 0. The van der Waals surface area contributed by atoms with Gasteiger partial charge in [0.05, 0.1) is 0 Å². The molecule has 0 bridgehead atoms.